The summed E-state index contributed by atoms with van der Waals surface area (Å²) in [6.07, 6.45) is 0. The number of hydrogen-bond donors (Lipinski definition) is 0. The number of fused-ring (bicyclic) bond motifs is 7. The Morgan fingerprint density at radius 3 is 1.52 bits per heavy atom. The Morgan fingerprint density at radius 1 is 0.397 bits per heavy atom. The van der Waals surface area contributed by atoms with Gasteiger partial charge in [-0.2, -0.15) is 0 Å². The highest BCUT2D eigenvalue weighted by Gasteiger charge is 2.40. The van der Waals surface area contributed by atoms with Gasteiger partial charge in [0.1, 0.15) is 5.75 Å². The van der Waals surface area contributed by atoms with Crippen LogP contribution < -0.4 is 25.4 Å². The van der Waals surface area contributed by atoms with Crippen LogP contribution in [0.3, 0.4) is 0 Å². The summed E-state index contributed by atoms with van der Waals surface area (Å²) < 4.78 is 6.70. The molecule has 3 nitrogen and oxygen atoms in total. The minimum atomic E-state index is -0.234. The van der Waals surface area contributed by atoms with Crippen molar-refractivity contribution in [2.24, 2.45) is 0 Å². The molecule has 3 heterocycles. The third-order valence-corrected chi connectivity index (χ3v) is 12.9. The van der Waals surface area contributed by atoms with Gasteiger partial charge in [0.25, 0.3) is 0 Å². The Labute approximate surface area is 341 Å². The summed E-state index contributed by atoms with van der Waals surface area (Å²) in [6, 6.07) is 68.7. The number of nitrogens with zero attached hydrogens (tertiary/aromatic N) is 2. The average molecular weight is 747 g/mol. The molecule has 0 radical (unpaired) electrons. The minimum Gasteiger partial charge on any atom is -0.551 e. The van der Waals surface area contributed by atoms with E-state index >= 15 is 0 Å². The maximum absolute atomic E-state index is 6.70. The highest BCUT2D eigenvalue weighted by Crippen LogP contribution is 2.55. The van der Waals surface area contributed by atoms with Gasteiger partial charge in [-0.15, -0.1) is 0 Å². The van der Waals surface area contributed by atoms with Gasteiger partial charge in [-0.25, -0.2) is 0 Å². The number of para-hydroxylation sites is 4. The zero-order chi connectivity index (χ0) is 39.2. The summed E-state index contributed by atoms with van der Waals surface area (Å²) in [7, 11) is 0. The van der Waals surface area contributed by atoms with E-state index < -0.39 is 0 Å². The molecule has 8 aromatic rings. The Bertz CT molecular complexity index is 2900. The first-order chi connectivity index (χ1) is 28.3. The molecule has 278 valence electrons. The molecule has 0 aromatic heterocycles. The van der Waals surface area contributed by atoms with E-state index in [9.17, 15) is 0 Å². The van der Waals surface area contributed by atoms with Gasteiger partial charge in [-0.05, 0) is 117 Å². The first-order valence-corrected chi connectivity index (χ1v) is 20.4. The van der Waals surface area contributed by atoms with Crippen molar-refractivity contribution in [1.82, 2.24) is 0 Å². The van der Waals surface area contributed by atoms with E-state index in [1.807, 2.05) is 0 Å². The summed E-state index contributed by atoms with van der Waals surface area (Å²) in [6.45, 7) is 9.31. The molecule has 0 saturated heterocycles. The van der Waals surface area contributed by atoms with Gasteiger partial charge in [0.2, 0.25) is 0 Å². The highest BCUT2D eigenvalue weighted by molar-refractivity contribution is 6.82. The Morgan fingerprint density at radius 2 is 0.897 bits per heavy atom. The second kappa shape index (κ2) is 12.9. The summed E-state index contributed by atoms with van der Waals surface area (Å²) in [5, 5.41) is 0. The van der Waals surface area contributed by atoms with Crippen molar-refractivity contribution < 1.29 is 4.65 Å². The van der Waals surface area contributed by atoms with Crippen molar-refractivity contribution in [2.75, 3.05) is 9.80 Å². The number of hydrogen-bond acceptors (Lipinski definition) is 3. The highest BCUT2D eigenvalue weighted by atomic mass is 16.4. The maximum Gasteiger partial charge on any atom is 0.427 e. The van der Waals surface area contributed by atoms with Crippen molar-refractivity contribution >= 4 is 52.0 Å². The molecule has 0 aliphatic carbocycles. The molecule has 8 aromatic carbocycles. The lowest BCUT2D eigenvalue weighted by Crippen LogP contribution is -2.50. The van der Waals surface area contributed by atoms with Crippen LogP contribution in [0.25, 0.3) is 22.3 Å². The van der Waals surface area contributed by atoms with E-state index in [0.29, 0.717) is 0 Å². The molecule has 3 aliphatic heterocycles. The van der Waals surface area contributed by atoms with Crippen LogP contribution in [0.2, 0.25) is 0 Å². The molecule has 11 rings (SSSR count). The summed E-state index contributed by atoms with van der Waals surface area (Å²) in [5.74, 6) is 0.912. The minimum absolute atomic E-state index is 0.183. The van der Waals surface area contributed by atoms with Gasteiger partial charge in [-0.3, -0.25) is 0 Å². The van der Waals surface area contributed by atoms with Crippen molar-refractivity contribution in [2.45, 2.75) is 38.5 Å². The fourth-order valence-electron chi connectivity index (χ4n) is 9.90. The van der Waals surface area contributed by atoms with E-state index in [1.54, 1.807) is 0 Å². The van der Waals surface area contributed by atoms with Gasteiger partial charge in [-0.1, -0.05) is 149 Å². The molecule has 0 unspecified atom stereocenters. The standard InChI is InChI=1S/C54H43BN2O/c1-53(2)43-22-12-14-24-48(43)56(39-19-9-6-10-20-39)50-31-27-36(33-45(50)53)37-28-32-51-46(34-37)54(3,4)44-23-13-15-25-49(44)57(51)40-29-30-47-42(35-40)41-21-11-16-26-52(41)58-55(47)38-17-7-5-8-18-38/h5-35H,1-4H3. The zero-order valence-corrected chi connectivity index (χ0v) is 33.3. The fourth-order valence-corrected chi connectivity index (χ4v) is 9.90. The topological polar surface area (TPSA) is 15.7 Å². The largest absolute Gasteiger partial charge is 0.551 e. The van der Waals surface area contributed by atoms with E-state index in [2.05, 4.69) is 226 Å². The third-order valence-electron chi connectivity index (χ3n) is 12.9. The monoisotopic (exact) mass is 746 g/mol. The smallest absolute Gasteiger partial charge is 0.427 e. The van der Waals surface area contributed by atoms with Crippen molar-refractivity contribution in [3.63, 3.8) is 0 Å². The number of benzene rings is 8. The first kappa shape index (κ1) is 34.5. The van der Waals surface area contributed by atoms with Gasteiger partial charge in [0.05, 0.1) is 22.7 Å². The molecule has 0 bridgehead atoms. The second-order valence-corrected chi connectivity index (χ2v) is 16.9. The molecule has 0 N–H and O–H groups in total. The first-order valence-electron chi connectivity index (χ1n) is 20.4. The zero-order valence-electron chi connectivity index (χ0n) is 33.3. The van der Waals surface area contributed by atoms with Gasteiger partial charge in [0, 0.05) is 27.8 Å². The van der Waals surface area contributed by atoms with Crippen molar-refractivity contribution in [3.05, 3.63) is 210 Å². The molecular formula is C54H43BN2O. The van der Waals surface area contributed by atoms with Crippen LogP contribution in [-0.2, 0) is 10.8 Å². The summed E-state index contributed by atoms with van der Waals surface area (Å²) >= 11 is 0. The van der Waals surface area contributed by atoms with Crippen LogP contribution in [0.1, 0.15) is 49.9 Å². The summed E-state index contributed by atoms with van der Waals surface area (Å²) in [5.41, 5.74) is 19.1. The molecule has 0 atom stereocenters. The lowest BCUT2D eigenvalue weighted by atomic mass is 9.52. The fraction of sp³-hybridized carbons (Fsp3) is 0.111. The van der Waals surface area contributed by atoms with Crippen LogP contribution in [0, 0.1) is 0 Å². The molecule has 3 aliphatic rings. The van der Waals surface area contributed by atoms with Crippen LogP contribution in [-0.4, -0.2) is 6.92 Å². The molecule has 0 saturated carbocycles. The van der Waals surface area contributed by atoms with E-state index in [0.717, 1.165) is 22.5 Å². The van der Waals surface area contributed by atoms with Crippen LogP contribution in [0.15, 0.2) is 188 Å². The molecule has 0 spiro atoms. The van der Waals surface area contributed by atoms with Crippen LogP contribution in [0.5, 0.6) is 5.75 Å². The van der Waals surface area contributed by atoms with E-state index in [1.165, 1.54) is 72.8 Å². The Balaban J connectivity index is 1.06. The van der Waals surface area contributed by atoms with Gasteiger partial charge < -0.3 is 14.5 Å². The predicted molar refractivity (Wildman–Crippen MR) is 243 cm³/mol. The SMILES string of the molecule is CC1(C)c2ccccc2N(c2ccccc2)c2ccc(-c3ccc4c(c3)C(C)(C)c3ccccc3N4c3ccc4c(c3)-c3ccccc3OB4c3ccccc3)cc21. The summed E-state index contributed by atoms with van der Waals surface area (Å²) in [4.78, 5) is 4.90. The van der Waals surface area contributed by atoms with E-state index in [4.69, 9.17) is 4.65 Å². The predicted octanol–water partition coefficient (Wildman–Crippen LogP) is 12.7. The number of rotatable bonds is 4. The van der Waals surface area contributed by atoms with Gasteiger partial charge >= 0.3 is 6.92 Å². The van der Waals surface area contributed by atoms with Crippen LogP contribution >= 0.6 is 0 Å². The van der Waals surface area contributed by atoms with Gasteiger partial charge in [0.15, 0.2) is 0 Å². The quantitative estimate of drug-likeness (QED) is 0.167. The second-order valence-electron chi connectivity index (χ2n) is 16.9. The molecule has 58 heavy (non-hydrogen) atoms. The lowest BCUT2D eigenvalue weighted by molar-refractivity contribution is 0.590. The number of anilines is 6. The van der Waals surface area contributed by atoms with Crippen molar-refractivity contribution in [1.29, 1.82) is 0 Å². The Hall–Kier alpha value is -6.78. The average Bonchev–Trinajstić information content (AvgIpc) is 3.27. The molecular weight excluding hydrogens is 703 g/mol. The van der Waals surface area contributed by atoms with Crippen LogP contribution in [0.4, 0.5) is 34.1 Å². The maximum atomic E-state index is 6.70. The normalized spacial score (nSPS) is 15.2. The third kappa shape index (κ3) is 5.14. The lowest BCUT2D eigenvalue weighted by Gasteiger charge is -2.43. The molecule has 4 heteroatoms. The molecule has 0 fully saturated rings. The van der Waals surface area contributed by atoms with Crippen molar-refractivity contribution in [3.8, 4) is 28.0 Å². The van der Waals surface area contributed by atoms with E-state index in [-0.39, 0.29) is 17.7 Å². The molecule has 0 amide bonds. The Kier molecular flexibility index (Phi) is 7.65.